The second-order valence-electron chi connectivity index (χ2n) is 4.91. The number of fused-ring (bicyclic) bond motifs is 1. The van der Waals surface area contributed by atoms with Crippen molar-refractivity contribution in [3.05, 3.63) is 29.6 Å². The van der Waals surface area contributed by atoms with Gasteiger partial charge < -0.3 is 4.90 Å². The zero-order valence-corrected chi connectivity index (χ0v) is 11.9. The summed E-state index contributed by atoms with van der Waals surface area (Å²) < 4.78 is 37.0. The third-order valence-electron chi connectivity index (χ3n) is 3.52. The van der Waals surface area contributed by atoms with Crippen molar-refractivity contribution in [2.24, 2.45) is 0 Å². The number of thioether (sulfide) groups is 1. The van der Waals surface area contributed by atoms with Crippen molar-refractivity contribution in [3.8, 4) is 0 Å². The summed E-state index contributed by atoms with van der Waals surface area (Å²) in [6.07, 6.45) is 0. The Hall–Kier alpha value is -1.08. The first-order valence-electron chi connectivity index (χ1n) is 5.88. The van der Waals surface area contributed by atoms with Crippen molar-refractivity contribution in [1.29, 1.82) is 5.41 Å². The molecule has 19 heavy (non-hydrogen) atoms. The van der Waals surface area contributed by atoms with E-state index in [9.17, 15) is 12.8 Å². The smallest absolute Gasteiger partial charge is 0.161 e. The SMILES string of the molecule is Cc1ccc(N2C(=N)S[C@@H]3CS(=O)(=O)C[C@H]32)cc1F. The Morgan fingerprint density at radius 1 is 1.42 bits per heavy atom. The molecule has 102 valence electrons. The summed E-state index contributed by atoms with van der Waals surface area (Å²) in [7, 11) is -3.04. The van der Waals surface area contributed by atoms with Crippen LogP contribution in [0.3, 0.4) is 0 Å². The Bertz CT molecular complexity index is 660. The number of aryl methyl sites for hydroxylation is 1. The van der Waals surface area contributed by atoms with Gasteiger partial charge in [0.2, 0.25) is 0 Å². The molecule has 4 nitrogen and oxygen atoms in total. The molecule has 2 fully saturated rings. The first kappa shape index (κ1) is 12.9. The number of nitrogens with one attached hydrogen (secondary N) is 1. The van der Waals surface area contributed by atoms with Gasteiger partial charge in [0.05, 0.1) is 17.5 Å². The highest BCUT2D eigenvalue weighted by molar-refractivity contribution is 8.15. The molecule has 0 aliphatic carbocycles. The van der Waals surface area contributed by atoms with Gasteiger partial charge in [-0.3, -0.25) is 5.41 Å². The highest BCUT2D eigenvalue weighted by Crippen LogP contribution is 2.40. The van der Waals surface area contributed by atoms with E-state index >= 15 is 0 Å². The normalized spacial score (nSPS) is 28.7. The molecule has 1 aromatic rings. The van der Waals surface area contributed by atoms with Crippen LogP contribution in [0, 0.1) is 18.2 Å². The Labute approximate surface area is 115 Å². The minimum absolute atomic E-state index is 0.0442. The number of sulfone groups is 1. The van der Waals surface area contributed by atoms with Crippen LogP contribution in [0.25, 0.3) is 0 Å². The van der Waals surface area contributed by atoms with E-state index in [0.717, 1.165) is 0 Å². The van der Waals surface area contributed by atoms with Gasteiger partial charge in [0, 0.05) is 10.9 Å². The minimum Gasteiger partial charge on any atom is -0.316 e. The van der Waals surface area contributed by atoms with Gasteiger partial charge in [0.1, 0.15) is 5.82 Å². The Balaban J connectivity index is 1.99. The predicted octanol–water partition coefficient (Wildman–Crippen LogP) is 1.79. The molecule has 0 unspecified atom stereocenters. The number of halogens is 1. The molecule has 2 heterocycles. The number of hydrogen-bond donors (Lipinski definition) is 1. The second-order valence-corrected chi connectivity index (χ2v) is 8.29. The van der Waals surface area contributed by atoms with E-state index in [0.29, 0.717) is 16.4 Å². The molecule has 3 rings (SSSR count). The molecule has 1 N–H and O–H groups in total. The summed E-state index contributed by atoms with van der Waals surface area (Å²) in [5, 5.41) is 8.16. The number of amidine groups is 1. The van der Waals surface area contributed by atoms with E-state index in [2.05, 4.69) is 0 Å². The van der Waals surface area contributed by atoms with Crippen molar-refractivity contribution in [1.82, 2.24) is 0 Å². The van der Waals surface area contributed by atoms with Crippen molar-refractivity contribution < 1.29 is 12.8 Å². The van der Waals surface area contributed by atoms with Crippen LogP contribution in [-0.4, -0.2) is 36.4 Å². The molecule has 0 radical (unpaired) electrons. The summed E-state index contributed by atoms with van der Waals surface area (Å²) in [5.41, 5.74) is 1.10. The van der Waals surface area contributed by atoms with Crippen LogP contribution in [0.1, 0.15) is 5.56 Å². The van der Waals surface area contributed by atoms with Crippen molar-refractivity contribution in [2.45, 2.75) is 18.2 Å². The quantitative estimate of drug-likeness (QED) is 0.859. The Morgan fingerprint density at radius 3 is 2.84 bits per heavy atom. The minimum atomic E-state index is -3.04. The maximum Gasteiger partial charge on any atom is 0.161 e. The van der Waals surface area contributed by atoms with Gasteiger partial charge in [0.15, 0.2) is 15.0 Å². The summed E-state index contributed by atoms with van der Waals surface area (Å²) >= 11 is 1.26. The van der Waals surface area contributed by atoms with Gasteiger partial charge in [-0.05, 0) is 24.6 Å². The molecule has 2 atom stereocenters. The Morgan fingerprint density at radius 2 is 2.16 bits per heavy atom. The molecular weight excluding hydrogens is 287 g/mol. The lowest BCUT2D eigenvalue weighted by Gasteiger charge is -2.24. The molecule has 1 aromatic carbocycles. The Kier molecular flexibility index (Phi) is 2.86. The summed E-state index contributed by atoms with van der Waals surface area (Å²) in [5.74, 6) is -0.183. The fourth-order valence-corrected chi connectivity index (χ4v) is 6.33. The van der Waals surface area contributed by atoms with E-state index in [1.807, 2.05) is 0 Å². The van der Waals surface area contributed by atoms with Gasteiger partial charge in [-0.2, -0.15) is 0 Å². The highest BCUT2D eigenvalue weighted by Gasteiger charge is 2.48. The summed E-state index contributed by atoms with van der Waals surface area (Å²) in [6.45, 7) is 1.67. The maximum absolute atomic E-state index is 13.6. The molecule has 0 saturated carbocycles. The average molecular weight is 300 g/mol. The van der Waals surface area contributed by atoms with Crippen LogP contribution in [0.4, 0.5) is 10.1 Å². The van der Waals surface area contributed by atoms with E-state index < -0.39 is 9.84 Å². The lowest BCUT2D eigenvalue weighted by Crippen LogP contribution is -2.37. The fourth-order valence-electron chi connectivity index (χ4n) is 2.54. The molecule has 2 aliphatic rings. The molecule has 0 aromatic heterocycles. The van der Waals surface area contributed by atoms with Gasteiger partial charge in [-0.25, -0.2) is 12.8 Å². The monoisotopic (exact) mass is 300 g/mol. The fraction of sp³-hybridized carbons (Fsp3) is 0.417. The maximum atomic E-state index is 13.6. The average Bonchev–Trinajstić information content (AvgIpc) is 2.73. The van der Waals surface area contributed by atoms with Crippen LogP contribution in [0.15, 0.2) is 18.2 Å². The molecule has 7 heteroatoms. The molecule has 2 saturated heterocycles. The van der Waals surface area contributed by atoms with Crippen LogP contribution >= 0.6 is 11.8 Å². The number of nitrogens with zero attached hydrogens (tertiary/aromatic N) is 1. The van der Waals surface area contributed by atoms with Gasteiger partial charge in [-0.15, -0.1) is 0 Å². The van der Waals surface area contributed by atoms with Gasteiger partial charge in [-0.1, -0.05) is 17.8 Å². The first-order valence-corrected chi connectivity index (χ1v) is 8.58. The molecule has 0 bridgehead atoms. The van der Waals surface area contributed by atoms with Crippen molar-refractivity contribution in [3.63, 3.8) is 0 Å². The lowest BCUT2D eigenvalue weighted by atomic mass is 10.1. The lowest BCUT2D eigenvalue weighted by molar-refractivity contribution is 0.601. The number of hydrogen-bond acceptors (Lipinski definition) is 4. The topological polar surface area (TPSA) is 61.2 Å². The van der Waals surface area contributed by atoms with Gasteiger partial charge >= 0.3 is 0 Å². The van der Waals surface area contributed by atoms with E-state index in [-0.39, 0.29) is 28.6 Å². The number of rotatable bonds is 1. The summed E-state index contributed by atoms with van der Waals surface area (Å²) in [4.78, 5) is 1.64. The van der Waals surface area contributed by atoms with E-state index in [1.165, 1.54) is 17.8 Å². The largest absolute Gasteiger partial charge is 0.316 e. The standard InChI is InChI=1S/C12H13FN2O2S2/c1-7-2-3-8(4-9(7)13)15-10-5-19(16,17)6-11(10)18-12(15)14/h2-4,10-11,14H,5-6H2,1H3/t10-,11-/m1/s1. The zero-order valence-electron chi connectivity index (χ0n) is 10.3. The van der Waals surface area contributed by atoms with E-state index in [4.69, 9.17) is 5.41 Å². The second kappa shape index (κ2) is 4.21. The van der Waals surface area contributed by atoms with E-state index in [1.54, 1.807) is 24.0 Å². The van der Waals surface area contributed by atoms with Crippen LogP contribution in [0.2, 0.25) is 0 Å². The molecule has 2 aliphatic heterocycles. The van der Waals surface area contributed by atoms with Crippen LogP contribution in [-0.2, 0) is 9.84 Å². The summed E-state index contributed by atoms with van der Waals surface area (Å²) in [6, 6.07) is 4.52. The number of anilines is 1. The number of benzene rings is 1. The van der Waals surface area contributed by atoms with Crippen molar-refractivity contribution in [2.75, 3.05) is 16.4 Å². The molecule has 0 spiro atoms. The first-order chi connectivity index (χ1) is 8.87. The third-order valence-corrected chi connectivity index (χ3v) is 6.65. The highest BCUT2D eigenvalue weighted by atomic mass is 32.2. The predicted molar refractivity (Wildman–Crippen MR) is 75.2 cm³/mol. The molecular formula is C12H13FN2O2S2. The molecule has 0 amide bonds. The zero-order chi connectivity index (χ0) is 13.8. The van der Waals surface area contributed by atoms with Crippen LogP contribution in [0.5, 0.6) is 0 Å². The third kappa shape index (κ3) is 2.14. The van der Waals surface area contributed by atoms with Crippen molar-refractivity contribution >= 4 is 32.5 Å². The van der Waals surface area contributed by atoms with Gasteiger partial charge in [0.25, 0.3) is 0 Å². The van der Waals surface area contributed by atoms with Crippen LogP contribution < -0.4 is 4.90 Å².